The molecule has 0 unspecified atom stereocenters. The molecule has 3 heteroatoms. The van der Waals surface area contributed by atoms with Gasteiger partial charge in [0.2, 0.25) is 0 Å². The Kier molecular flexibility index (Phi) is 5.19. The van der Waals surface area contributed by atoms with E-state index in [0.717, 1.165) is 4.32 Å². The average molecular weight is 163 g/mol. The van der Waals surface area contributed by atoms with Gasteiger partial charge in [-0.15, -0.1) is 0 Å². The van der Waals surface area contributed by atoms with Crippen molar-refractivity contribution < 1.29 is 0 Å². The van der Waals surface area contributed by atoms with Crippen LogP contribution in [0.3, 0.4) is 0 Å². The Hall–Kier alpha value is 0.240. The molecule has 0 saturated carbocycles. The van der Waals surface area contributed by atoms with Crippen molar-refractivity contribution in [3.63, 3.8) is 0 Å². The molecule has 0 aromatic carbocycles. The molecule has 0 heterocycles. The van der Waals surface area contributed by atoms with Gasteiger partial charge in [-0.3, -0.25) is 0 Å². The van der Waals surface area contributed by atoms with Gasteiger partial charge in [-0.25, -0.2) is 0 Å². The predicted octanol–water partition coefficient (Wildman–Crippen LogP) is 2.02. The van der Waals surface area contributed by atoms with E-state index in [4.69, 9.17) is 12.2 Å². The summed E-state index contributed by atoms with van der Waals surface area (Å²) in [5.74, 6) is 0. The third kappa shape index (κ3) is 4.73. The lowest BCUT2D eigenvalue weighted by molar-refractivity contribution is 0.910. The first-order valence-corrected chi connectivity index (χ1v) is 4.37. The van der Waals surface area contributed by atoms with Gasteiger partial charge in [0.1, 0.15) is 4.32 Å². The fourth-order valence-electron chi connectivity index (χ4n) is 0.325. The lowest BCUT2D eigenvalue weighted by atomic mass is 10.4. The molecule has 0 saturated heterocycles. The van der Waals surface area contributed by atoms with E-state index in [1.54, 1.807) is 11.8 Å². The Morgan fingerprint density at radius 3 is 2.67 bits per heavy atom. The van der Waals surface area contributed by atoms with Gasteiger partial charge in [-0.1, -0.05) is 37.8 Å². The summed E-state index contributed by atoms with van der Waals surface area (Å²) in [5.41, 5.74) is 0. The van der Waals surface area contributed by atoms with Crippen molar-refractivity contribution in [1.82, 2.24) is 5.32 Å². The number of hydrogen-bond acceptors (Lipinski definition) is 2. The van der Waals surface area contributed by atoms with Crippen molar-refractivity contribution in [3.05, 3.63) is 0 Å². The molecule has 0 fully saturated rings. The summed E-state index contributed by atoms with van der Waals surface area (Å²) in [7, 11) is 1.86. The quantitative estimate of drug-likeness (QED) is 0.626. The van der Waals surface area contributed by atoms with Gasteiger partial charge in [-0.05, 0) is 6.42 Å². The standard InChI is InChI=1S/C6H13NS2/c1-4-5(2)9-6(8)7-3/h5H,4H2,1-3H3,(H,7,8)/t5-/m1/s1. The first-order chi connectivity index (χ1) is 4.20. The van der Waals surface area contributed by atoms with Gasteiger partial charge in [0.15, 0.2) is 0 Å². The zero-order valence-corrected chi connectivity index (χ0v) is 7.73. The Balaban J connectivity index is 3.34. The number of hydrogen-bond donors (Lipinski definition) is 1. The molecule has 54 valence electrons. The second kappa shape index (κ2) is 5.06. The van der Waals surface area contributed by atoms with E-state index >= 15 is 0 Å². The smallest absolute Gasteiger partial charge is 0.133 e. The van der Waals surface area contributed by atoms with Crippen molar-refractivity contribution in [2.75, 3.05) is 7.05 Å². The molecular formula is C6H13NS2. The highest BCUT2D eigenvalue weighted by molar-refractivity contribution is 8.23. The van der Waals surface area contributed by atoms with Crippen molar-refractivity contribution in [1.29, 1.82) is 0 Å². The van der Waals surface area contributed by atoms with Crippen LogP contribution in [0.1, 0.15) is 20.3 Å². The Morgan fingerprint density at radius 1 is 1.78 bits per heavy atom. The first-order valence-electron chi connectivity index (χ1n) is 3.09. The van der Waals surface area contributed by atoms with Crippen LogP contribution >= 0.6 is 24.0 Å². The molecule has 1 nitrogen and oxygen atoms in total. The largest absolute Gasteiger partial charge is 0.374 e. The molecule has 0 bridgehead atoms. The maximum atomic E-state index is 4.95. The van der Waals surface area contributed by atoms with Crippen molar-refractivity contribution in [2.45, 2.75) is 25.5 Å². The molecule has 0 spiro atoms. The van der Waals surface area contributed by atoms with Crippen LogP contribution in [0.15, 0.2) is 0 Å². The highest BCUT2D eigenvalue weighted by atomic mass is 32.2. The van der Waals surface area contributed by atoms with Gasteiger partial charge in [-0.2, -0.15) is 0 Å². The van der Waals surface area contributed by atoms with Gasteiger partial charge >= 0.3 is 0 Å². The summed E-state index contributed by atoms with van der Waals surface area (Å²) in [6, 6.07) is 0. The lowest BCUT2D eigenvalue weighted by Gasteiger charge is -2.07. The second-order valence-electron chi connectivity index (χ2n) is 1.87. The van der Waals surface area contributed by atoms with E-state index in [1.165, 1.54) is 6.42 Å². The van der Waals surface area contributed by atoms with Crippen LogP contribution < -0.4 is 5.32 Å². The highest BCUT2D eigenvalue weighted by Gasteiger charge is 2.00. The summed E-state index contributed by atoms with van der Waals surface area (Å²) in [5, 5.41) is 3.57. The van der Waals surface area contributed by atoms with Crippen LogP contribution in [-0.4, -0.2) is 16.6 Å². The number of thiocarbonyl (C=S) groups is 1. The summed E-state index contributed by atoms with van der Waals surface area (Å²) in [6.07, 6.45) is 1.17. The first kappa shape index (κ1) is 9.24. The number of nitrogens with one attached hydrogen (secondary N) is 1. The van der Waals surface area contributed by atoms with E-state index in [2.05, 4.69) is 19.2 Å². The van der Waals surface area contributed by atoms with Crippen LogP contribution in [0.25, 0.3) is 0 Å². The van der Waals surface area contributed by atoms with E-state index in [1.807, 2.05) is 7.05 Å². The van der Waals surface area contributed by atoms with Crippen LogP contribution in [-0.2, 0) is 0 Å². The zero-order chi connectivity index (χ0) is 7.28. The van der Waals surface area contributed by atoms with Gasteiger partial charge in [0, 0.05) is 12.3 Å². The topological polar surface area (TPSA) is 12.0 Å². The minimum atomic E-state index is 0.643. The summed E-state index contributed by atoms with van der Waals surface area (Å²) in [6.45, 7) is 4.34. The number of thioether (sulfide) groups is 1. The third-order valence-electron chi connectivity index (χ3n) is 1.09. The Labute approximate surface area is 66.6 Å². The molecule has 0 aromatic heterocycles. The van der Waals surface area contributed by atoms with Crippen molar-refractivity contribution in [2.24, 2.45) is 0 Å². The van der Waals surface area contributed by atoms with Crippen molar-refractivity contribution >= 4 is 28.3 Å². The van der Waals surface area contributed by atoms with E-state index in [9.17, 15) is 0 Å². The second-order valence-corrected chi connectivity index (χ2v) is 3.99. The van der Waals surface area contributed by atoms with Crippen molar-refractivity contribution in [3.8, 4) is 0 Å². The fourth-order valence-corrected chi connectivity index (χ4v) is 1.47. The van der Waals surface area contributed by atoms with E-state index < -0.39 is 0 Å². The minimum absolute atomic E-state index is 0.643. The zero-order valence-electron chi connectivity index (χ0n) is 6.10. The van der Waals surface area contributed by atoms with Crippen LogP contribution in [0.2, 0.25) is 0 Å². The number of rotatable bonds is 2. The van der Waals surface area contributed by atoms with Gasteiger partial charge in [0.05, 0.1) is 0 Å². The maximum absolute atomic E-state index is 4.95. The highest BCUT2D eigenvalue weighted by Crippen LogP contribution is 2.13. The molecular weight excluding hydrogens is 150 g/mol. The molecule has 0 rings (SSSR count). The fraction of sp³-hybridized carbons (Fsp3) is 0.833. The van der Waals surface area contributed by atoms with Crippen LogP contribution in [0.4, 0.5) is 0 Å². The third-order valence-corrected chi connectivity index (χ3v) is 2.73. The van der Waals surface area contributed by atoms with E-state index in [-0.39, 0.29) is 0 Å². The summed E-state index contributed by atoms with van der Waals surface area (Å²) in [4.78, 5) is 0. The van der Waals surface area contributed by atoms with E-state index in [0.29, 0.717) is 5.25 Å². The summed E-state index contributed by atoms with van der Waals surface area (Å²) < 4.78 is 0.893. The average Bonchev–Trinajstić information content (AvgIpc) is 1.87. The molecule has 0 aliphatic heterocycles. The molecule has 0 aliphatic carbocycles. The molecule has 1 atom stereocenters. The van der Waals surface area contributed by atoms with Gasteiger partial charge in [0.25, 0.3) is 0 Å². The van der Waals surface area contributed by atoms with Crippen LogP contribution in [0, 0.1) is 0 Å². The normalized spacial score (nSPS) is 12.8. The predicted molar refractivity (Wildman–Crippen MR) is 49.0 cm³/mol. The molecule has 1 N–H and O–H groups in total. The van der Waals surface area contributed by atoms with Gasteiger partial charge < -0.3 is 5.32 Å². The SMILES string of the molecule is CC[C@@H](C)SC(=S)NC. The molecule has 0 aromatic rings. The monoisotopic (exact) mass is 163 g/mol. The van der Waals surface area contributed by atoms with Crippen LogP contribution in [0.5, 0.6) is 0 Å². The molecule has 0 amide bonds. The molecule has 9 heavy (non-hydrogen) atoms. The molecule has 0 radical (unpaired) electrons. The lowest BCUT2D eigenvalue weighted by Crippen LogP contribution is -2.14. The summed E-state index contributed by atoms with van der Waals surface area (Å²) >= 11 is 6.67. The Morgan fingerprint density at radius 2 is 2.33 bits per heavy atom. The maximum Gasteiger partial charge on any atom is 0.133 e. The Bertz CT molecular complexity index is 93.1. The molecule has 0 aliphatic rings. The minimum Gasteiger partial charge on any atom is -0.374 e.